The second kappa shape index (κ2) is 5.81. The first-order valence-electron chi connectivity index (χ1n) is 6.73. The Labute approximate surface area is 126 Å². The van der Waals surface area contributed by atoms with Gasteiger partial charge in [0, 0.05) is 17.3 Å². The molecule has 110 valence electrons. The van der Waals surface area contributed by atoms with Crippen LogP contribution in [-0.2, 0) is 0 Å². The van der Waals surface area contributed by atoms with E-state index < -0.39 is 0 Å². The lowest BCUT2D eigenvalue weighted by Crippen LogP contribution is -2.12. The summed E-state index contributed by atoms with van der Waals surface area (Å²) in [7, 11) is 0. The smallest absolute Gasteiger partial charge is 0.277 e. The molecule has 1 aromatic heterocycles. The Kier molecular flexibility index (Phi) is 3.70. The van der Waals surface area contributed by atoms with Gasteiger partial charge in [0.05, 0.1) is 0 Å². The molecule has 3 rings (SSSR count). The number of carbonyl (C=O) groups excluding carboxylic acids is 1. The zero-order chi connectivity index (χ0) is 15.5. The summed E-state index contributed by atoms with van der Waals surface area (Å²) in [5.41, 5.74) is 2.50. The molecular weight excluding hydrogens is 283 g/mol. The minimum atomic E-state index is -0.355. The molecule has 5 heteroatoms. The normalized spacial score (nSPS) is 10.5. The van der Waals surface area contributed by atoms with Gasteiger partial charge in [0.15, 0.2) is 11.5 Å². The van der Waals surface area contributed by atoms with Crippen LogP contribution in [0.4, 0.5) is 10.1 Å². The number of para-hydroxylation sites is 1. The topological polar surface area (TPSA) is 55.1 Å². The number of aromatic nitrogens is 1. The summed E-state index contributed by atoms with van der Waals surface area (Å²) >= 11 is 0. The molecule has 0 saturated carbocycles. The highest BCUT2D eigenvalue weighted by Crippen LogP contribution is 2.21. The molecule has 0 bridgehead atoms. The second-order valence-corrected chi connectivity index (χ2v) is 4.85. The molecule has 0 aliphatic heterocycles. The minimum absolute atomic E-state index is 0.169. The zero-order valence-electron chi connectivity index (χ0n) is 11.8. The molecule has 0 saturated heterocycles. The number of halogens is 1. The number of aryl methyl sites for hydroxylation is 1. The van der Waals surface area contributed by atoms with Crippen LogP contribution in [0, 0.1) is 12.7 Å². The number of hydrogen-bond donors (Lipinski definition) is 1. The Balaban J connectivity index is 1.80. The summed E-state index contributed by atoms with van der Waals surface area (Å²) in [5, 5.41) is 6.54. The monoisotopic (exact) mass is 296 g/mol. The number of rotatable bonds is 3. The van der Waals surface area contributed by atoms with Crippen molar-refractivity contribution in [2.75, 3.05) is 5.32 Å². The van der Waals surface area contributed by atoms with Crippen LogP contribution in [0.1, 0.15) is 16.1 Å². The van der Waals surface area contributed by atoms with Crippen LogP contribution in [0.2, 0.25) is 0 Å². The van der Waals surface area contributed by atoms with Crippen molar-refractivity contribution in [1.82, 2.24) is 5.16 Å². The number of carbonyl (C=O) groups is 1. The Morgan fingerprint density at radius 2 is 1.86 bits per heavy atom. The molecule has 1 heterocycles. The van der Waals surface area contributed by atoms with Crippen molar-refractivity contribution in [1.29, 1.82) is 0 Å². The third-order valence-corrected chi connectivity index (χ3v) is 3.26. The number of nitrogens with zero attached hydrogens (tertiary/aromatic N) is 1. The number of nitrogens with one attached hydrogen (secondary N) is 1. The van der Waals surface area contributed by atoms with Crippen LogP contribution in [-0.4, -0.2) is 11.1 Å². The fourth-order valence-corrected chi connectivity index (χ4v) is 2.03. The van der Waals surface area contributed by atoms with Crippen molar-refractivity contribution in [3.63, 3.8) is 0 Å². The molecule has 0 fully saturated rings. The van der Waals surface area contributed by atoms with Crippen molar-refractivity contribution >= 4 is 11.6 Å². The molecule has 1 N–H and O–H groups in total. The lowest BCUT2D eigenvalue weighted by Gasteiger charge is -2.05. The fourth-order valence-electron chi connectivity index (χ4n) is 2.03. The van der Waals surface area contributed by atoms with Gasteiger partial charge in [-0.3, -0.25) is 4.79 Å². The lowest BCUT2D eigenvalue weighted by molar-refractivity contribution is 0.101. The Morgan fingerprint density at radius 3 is 2.59 bits per heavy atom. The van der Waals surface area contributed by atoms with E-state index >= 15 is 0 Å². The van der Waals surface area contributed by atoms with E-state index in [2.05, 4.69) is 10.5 Å². The maximum absolute atomic E-state index is 12.9. The van der Waals surface area contributed by atoms with E-state index in [-0.39, 0.29) is 17.4 Å². The largest absolute Gasteiger partial charge is 0.355 e. The van der Waals surface area contributed by atoms with Gasteiger partial charge in [-0.25, -0.2) is 4.39 Å². The molecule has 0 aliphatic carbocycles. The van der Waals surface area contributed by atoms with Gasteiger partial charge in [0.25, 0.3) is 5.91 Å². The second-order valence-electron chi connectivity index (χ2n) is 4.85. The third-order valence-electron chi connectivity index (χ3n) is 3.26. The van der Waals surface area contributed by atoms with Gasteiger partial charge in [0.2, 0.25) is 0 Å². The van der Waals surface area contributed by atoms with Crippen LogP contribution in [0.25, 0.3) is 11.3 Å². The van der Waals surface area contributed by atoms with Crippen molar-refractivity contribution < 1.29 is 13.7 Å². The van der Waals surface area contributed by atoms with E-state index in [0.717, 1.165) is 11.3 Å². The van der Waals surface area contributed by atoms with Gasteiger partial charge in [-0.1, -0.05) is 23.4 Å². The number of anilines is 1. The molecule has 0 aliphatic rings. The number of benzene rings is 2. The van der Waals surface area contributed by atoms with Gasteiger partial charge in [-0.05, 0) is 42.8 Å². The number of hydrogen-bond acceptors (Lipinski definition) is 3. The molecule has 0 unspecified atom stereocenters. The lowest BCUT2D eigenvalue weighted by atomic mass is 10.1. The van der Waals surface area contributed by atoms with E-state index in [1.807, 2.05) is 31.2 Å². The molecule has 0 atom stereocenters. The molecule has 3 aromatic rings. The van der Waals surface area contributed by atoms with Crippen LogP contribution >= 0.6 is 0 Å². The molecular formula is C17H13FN2O2. The van der Waals surface area contributed by atoms with Gasteiger partial charge >= 0.3 is 0 Å². The quantitative estimate of drug-likeness (QED) is 0.793. The third kappa shape index (κ3) is 2.88. The molecule has 2 aromatic carbocycles. The maximum Gasteiger partial charge on any atom is 0.277 e. The number of amides is 1. The standard InChI is InChI=1S/C17H13FN2O2/c1-11-4-2-3-5-14(11)19-17(21)15-10-16(22-20-15)12-6-8-13(18)9-7-12/h2-10H,1H3,(H,19,21). The van der Waals surface area contributed by atoms with Crippen LogP contribution in [0.15, 0.2) is 59.1 Å². The predicted molar refractivity (Wildman–Crippen MR) is 81.0 cm³/mol. The molecule has 4 nitrogen and oxygen atoms in total. The molecule has 0 radical (unpaired) electrons. The van der Waals surface area contributed by atoms with E-state index in [4.69, 9.17) is 4.52 Å². The summed E-state index contributed by atoms with van der Waals surface area (Å²) in [6.07, 6.45) is 0. The summed E-state index contributed by atoms with van der Waals surface area (Å²) in [5.74, 6) is -0.276. The minimum Gasteiger partial charge on any atom is -0.355 e. The first kappa shape index (κ1) is 14.0. The average molecular weight is 296 g/mol. The first-order valence-corrected chi connectivity index (χ1v) is 6.73. The summed E-state index contributed by atoms with van der Waals surface area (Å²) in [4.78, 5) is 12.2. The highest BCUT2D eigenvalue weighted by Gasteiger charge is 2.14. The Hall–Kier alpha value is -2.95. The summed E-state index contributed by atoms with van der Waals surface area (Å²) in [6, 6.07) is 14.8. The predicted octanol–water partition coefficient (Wildman–Crippen LogP) is 4.04. The highest BCUT2D eigenvalue weighted by atomic mass is 19.1. The van der Waals surface area contributed by atoms with E-state index in [1.54, 1.807) is 12.1 Å². The maximum atomic E-state index is 12.9. The first-order chi connectivity index (χ1) is 10.6. The zero-order valence-corrected chi connectivity index (χ0v) is 11.8. The molecule has 0 spiro atoms. The SMILES string of the molecule is Cc1ccccc1NC(=O)c1cc(-c2ccc(F)cc2)on1. The van der Waals surface area contributed by atoms with Crippen LogP contribution < -0.4 is 5.32 Å². The van der Waals surface area contributed by atoms with Crippen molar-refractivity contribution in [3.05, 3.63) is 71.7 Å². The van der Waals surface area contributed by atoms with Crippen molar-refractivity contribution in [2.24, 2.45) is 0 Å². The average Bonchev–Trinajstić information content (AvgIpc) is 3.00. The molecule has 22 heavy (non-hydrogen) atoms. The highest BCUT2D eigenvalue weighted by molar-refractivity contribution is 6.03. The van der Waals surface area contributed by atoms with E-state index in [0.29, 0.717) is 11.3 Å². The summed E-state index contributed by atoms with van der Waals surface area (Å²) < 4.78 is 18.1. The van der Waals surface area contributed by atoms with Gasteiger partial charge < -0.3 is 9.84 Å². The van der Waals surface area contributed by atoms with Crippen molar-refractivity contribution in [3.8, 4) is 11.3 Å². The van der Waals surface area contributed by atoms with Crippen molar-refractivity contribution in [2.45, 2.75) is 6.92 Å². The van der Waals surface area contributed by atoms with E-state index in [9.17, 15) is 9.18 Å². The fraction of sp³-hybridized carbons (Fsp3) is 0.0588. The molecule has 1 amide bonds. The van der Waals surface area contributed by atoms with Gasteiger partial charge in [0.1, 0.15) is 5.82 Å². The van der Waals surface area contributed by atoms with E-state index in [1.165, 1.54) is 18.2 Å². The Bertz CT molecular complexity index is 810. The van der Waals surface area contributed by atoms with Crippen LogP contribution in [0.3, 0.4) is 0 Å². The Morgan fingerprint density at radius 1 is 1.14 bits per heavy atom. The van der Waals surface area contributed by atoms with Gasteiger partial charge in [-0.2, -0.15) is 0 Å². The summed E-state index contributed by atoms with van der Waals surface area (Å²) in [6.45, 7) is 1.91. The van der Waals surface area contributed by atoms with Gasteiger partial charge in [-0.15, -0.1) is 0 Å². The van der Waals surface area contributed by atoms with Crippen LogP contribution in [0.5, 0.6) is 0 Å².